The zero-order valence-electron chi connectivity index (χ0n) is 12.3. The molecular formula is C18H17NO3. The molecule has 4 nitrogen and oxygen atoms in total. The lowest BCUT2D eigenvalue weighted by Crippen LogP contribution is -2.25. The zero-order chi connectivity index (χ0) is 15.8. The van der Waals surface area contributed by atoms with E-state index in [0.717, 1.165) is 12.0 Å². The first-order valence-corrected chi connectivity index (χ1v) is 7.02. The van der Waals surface area contributed by atoms with Crippen LogP contribution in [0.1, 0.15) is 28.4 Å². The lowest BCUT2D eigenvalue weighted by molar-refractivity contribution is -0.124. The lowest BCUT2D eigenvalue weighted by Gasteiger charge is -2.03. The second-order valence-electron chi connectivity index (χ2n) is 4.65. The molecule has 1 amide bonds. The van der Waals surface area contributed by atoms with Gasteiger partial charge in [-0.15, -0.1) is 0 Å². The number of rotatable bonds is 4. The summed E-state index contributed by atoms with van der Waals surface area (Å²) in [5.41, 5.74) is 4.61. The minimum Gasteiger partial charge on any atom is -0.335 e. The Kier molecular flexibility index (Phi) is 5.49. The normalized spacial score (nSPS) is 10.4. The summed E-state index contributed by atoms with van der Waals surface area (Å²) in [5, 5.41) is 0. The van der Waals surface area contributed by atoms with Gasteiger partial charge in [-0.2, -0.15) is 5.48 Å². The quantitative estimate of drug-likeness (QED) is 0.696. The van der Waals surface area contributed by atoms with Gasteiger partial charge in [0.2, 0.25) is 0 Å². The van der Waals surface area contributed by atoms with Crippen molar-refractivity contribution in [1.29, 1.82) is 0 Å². The molecule has 0 aliphatic carbocycles. The van der Waals surface area contributed by atoms with Crippen molar-refractivity contribution in [3.8, 4) is 0 Å². The fraction of sp³-hybridized carbons (Fsp3) is 0.111. The van der Waals surface area contributed by atoms with Crippen LogP contribution in [0.25, 0.3) is 6.08 Å². The summed E-state index contributed by atoms with van der Waals surface area (Å²) in [4.78, 5) is 28.0. The van der Waals surface area contributed by atoms with Gasteiger partial charge in [-0.05, 0) is 35.8 Å². The fourth-order valence-electron chi connectivity index (χ4n) is 1.80. The molecule has 2 aromatic carbocycles. The van der Waals surface area contributed by atoms with E-state index in [9.17, 15) is 9.59 Å². The Hall–Kier alpha value is -2.88. The first kappa shape index (κ1) is 15.5. The van der Waals surface area contributed by atoms with E-state index in [-0.39, 0.29) is 0 Å². The van der Waals surface area contributed by atoms with E-state index in [4.69, 9.17) is 4.84 Å². The van der Waals surface area contributed by atoms with Gasteiger partial charge in [-0.25, -0.2) is 4.79 Å². The minimum atomic E-state index is -0.602. The monoisotopic (exact) mass is 295 g/mol. The number of nitrogens with one attached hydrogen (secondary N) is 1. The summed E-state index contributed by atoms with van der Waals surface area (Å²) in [6.07, 6.45) is 3.95. The molecule has 2 rings (SSSR count). The van der Waals surface area contributed by atoms with Crippen molar-refractivity contribution in [3.63, 3.8) is 0 Å². The molecule has 0 heterocycles. The van der Waals surface area contributed by atoms with Gasteiger partial charge in [-0.1, -0.05) is 49.4 Å². The molecule has 1 N–H and O–H groups in total. The maximum atomic E-state index is 11.6. The maximum absolute atomic E-state index is 11.6. The Balaban J connectivity index is 1.84. The highest BCUT2D eigenvalue weighted by Gasteiger charge is 2.07. The van der Waals surface area contributed by atoms with E-state index in [1.165, 1.54) is 11.6 Å². The molecule has 0 bridgehead atoms. The van der Waals surface area contributed by atoms with E-state index >= 15 is 0 Å². The zero-order valence-corrected chi connectivity index (χ0v) is 12.3. The van der Waals surface area contributed by atoms with Gasteiger partial charge < -0.3 is 4.84 Å². The third-order valence-corrected chi connectivity index (χ3v) is 3.07. The Morgan fingerprint density at radius 2 is 1.73 bits per heavy atom. The third kappa shape index (κ3) is 4.59. The van der Waals surface area contributed by atoms with Crippen molar-refractivity contribution >= 4 is 18.0 Å². The van der Waals surface area contributed by atoms with E-state index in [1.807, 2.05) is 24.3 Å². The fourth-order valence-corrected chi connectivity index (χ4v) is 1.80. The molecular weight excluding hydrogens is 278 g/mol. The number of hydrogen-bond donors (Lipinski definition) is 1. The number of amides is 1. The SMILES string of the molecule is CCc1ccc(C=CC(=O)NOC(=O)c2ccccc2)cc1. The molecule has 0 saturated heterocycles. The molecule has 0 unspecified atom stereocenters. The van der Waals surface area contributed by atoms with Gasteiger partial charge in [0.05, 0.1) is 5.56 Å². The molecule has 0 saturated carbocycles. The Bertz CT molecular complexity index is 660. The highest BCUT2D eigenvalue weighted by Crippen LogP contribution is 2.06. The van der Waals surface area contributed by atoms with Gasteiger partial charge in [0.15, 0.2) is 0 Å². The van der Waals surface area contributed by atoms with Gasteiger partial charge in [0.25, 0.3) is 5.91 Å². The summed E-state index contributed by atoms with van der Waals surface area (Å²) in [7, 11) is 0. The number of hydrogen-bond acceptors (Lipinski definition) is 3. The highest BCUT2D eigenvalue weighted by molar-refractivity contribution is 5.94. The Morgan fingerprint density at radius 3 is 2.36 bits per heavy atom. The van der Waals surface area contributed by atoms with Crippen LogP contribution in [-0.2, 0) is 16.1 Å². The van der Waals surface area contributed by atoms with Crippen molar-refractivity contribution < 1.29 is 14.4 Å². The molecule has 2 aromatic rings. The molecule has 0 atom stereocenters. The minimum absolute atomic E-state index is 0.377. The van der Waals surface area contributed by atoms with Crippen LogP contribution in [-0.4, -0.2) is 11.9 Å². The average Bonchev–Trinajstić information content (AvgIpc) is 2.59. The van der Waals surface area contributed by atoms with Crippen LogP contribution in [0.5, 0.6) is 0 Å². The Labute approximate surface area is 129 Å². The predicted octanol–water partition coefficient (Wildman–Crippen LogP) is 3.15. The topological polar surface area (TPSA) is 55.4 Å². The van der Waals surface area contributed by atoms with Crippen LogP contribution in [0.4, 0.5) is 0 Å². The number of hydroxylamine groups is 1. The second kappa shape index (κ2) is 7.78. The van der Waals surface area contributed by atoms with Crippen LogP contribution in [0, 0.1) is 0 Å². The van der Waals surface area contributed by atoms with E-state index in [2.05, 4.69) is 12.4 Å². The van der Waals surface area contributed by atoms with Gasteiger partial charge >= 0.3 is 5.97 Å². The predicted molar refractivity (Wildman–Crippen MR) is 84.9 cm³/mol. The van der Waals surface area contributed by atoms with Crippen molar-refractivity contribution in [2.24, 2.45) is 0 Å². The largest absolute Gasteiger partial charge is 0.362 e. The molecule has 0 radical (unpaired) electrons. The molecule has 0 aliphatic heterocycles. The van der Waals surface area contributed by atoms with E-state index < -0.39 is 11.9 Å². The summed E-state index contributed by atoms with van der Waals surface area (Å²) in [6, 6.07) is 16.3. The molecule has 112 valence electrons. The van der Waals surface area contributed by atoms with Gasteiger partial charge in [-0.3, -0.25) is 4.79 Å². The standard InChI is InChI=1S/C18H17NO3/c1-2-14-8-10-15(11-9-14)12-13-17(20)19-22-18(21)16-6-4-3-5-7-16/h3-13H,2H2,1H3,(H,19,20). The van der Waals surface area contributed by atoms with E-state index in [0.29, 0.717) is 5.56 Å². The van der Waals surface area contributed by atoms with Crippen LogP contribution < -0.4 is 5.48 Å². The number of benzene rings is 2. The highest BCUT2D eigenvalue weighted by atomic mass is 16.7. The van der Waals surface area contributed by atoms with Crippen LogP contribution in [0.2, 0.25) is 0 Å². The van der Waals surface area contributed by atoms with E-state index in [1.54, 1.807) is 36.4 Å². The van der Waals surface area contributed by atoms with Crippen LogP contribution in [0.15, 0.2) is 60.7 Å². The van der Waals surface area contributed by atoms with Crippen molar-refractivity contribution in [1.82, 2.24) is 5.48 Å². The molecule has 4 heteroatoms. The molecule has 0 aromatic heterocycles. The number of carbonyl (C=O) groups is 2. The number of carbonyl (C=O) groups excluding carboxylic acids is 2. The smallest absolute Gasteiger partial charge is 0.335 e. The van der Waals surface area contributed by atoms with Crippen LogP contribution in [0.3, 0.4) is 0 Å². The van der Waals surface area contributed by atoms with Crippen molar-refractivity contribution in [2.75, 3.05) is 0 Å². The maximum Gasteiger partial charge on any atom is 0.362 e. The molecule has 0 spiro atoms. The average molecular weight is 295 g/mol. The summed E-state index contributed by atoms with van der Waals surface area (Å²) >= 11 is 0. The molecule has 0 aliphatic rings. The summed E-state index contributed by atoms with van der Waals surface area (Å²) in [6.45, 7) is 2.08. The molecule has 0 fully saturated rings. The number of aryl methyl sites for hydroxylation is 1. The first-order valence-electron chi connectivity index (χ1n) is 7.02. The summed E-state index contributed by atoms with van der Waals surface area (Å²) in [5.74, 6) is -1.10. The Morgan fingerprint density at radius 1 is 1.05 bits per heavy atom. The molecule has 22 heavy (non-hydrogen) atoms. The summed E-state index contributed by atoms with van der Waals surface area (Å²) < 4.78 is 0. The van der Waals surface area contributed by atoms with Gasteiger partial charge in [0.1, 0.15) is 0 Å². The van der Waals surface area contributed by atoms with Crippen molar-refractivity contribution in [3.05, 3.63) is 77.4 Å². The third-order valence-electron chi connectivity index (χ3n) is 3.07. The van der Waals surface area contributed by atoms with Gasteiger partial charge in [0, 0.05) is 6.08 Å². The van der Waals surface area contributed by atoms with Crippen molar-refractivity contribution in [2.45, 2.75) is 13.3 Å². The van der Waals surface area contributed by atoms with Crippen LogP contribution >= 0.6 is 0 Å². The first-order chi connectivity index (χ1) is 10.7. The lowest BCUT2D eigenvalue weighted by atomic mass is 10.1. The second-order valence-corrected chi connectivity index (χ2v) is 4.65.